The van der Waals surface area contributed by atoms with Crippen molar-refractivity contribution in [3.05, 3.63) is 12.4 Å². The van der Waals surface area contributed by atoms with Gasteiger partial charge in [0.2, 0.25) is 10.0 Å². The number of rotatable bonds is 4. The highest BCUT2D eigenvalue weighted by molar-refractivity contribution is 7.89. The number of alkyl halides is 2. The fourth-order valence-electron chi connectivity index (χ4n) is 2.03. The summed E-state index contributed by atoms with van der Waals surface area (Å²) < 4.78 is 51.5. The molecule has 1 atom stereocenters. The van der Waals surface area contributed by atoms with Crippen LogP contribution in [0.1, 0.15) is 6.92 Å². The standard InChI is InChI=1S/C10H16F2N4O2S/c1-8-4-13-2-3-16(8)19(17,18)9-5-14-15(6-9)7-10(11)12/h5-6,8,10,13H,2-4,7H2,1H3. The zero-order chi connectivity index (χ0) is 14.0. The van der Waals surface area contributed by atoms with Gasteiger partial charge in [-0.1, -0.05) is 0 Å². The monoisotopic (exact) mass is 294 g/mol. The zero-order valence-corrected chi connectivity index (χ0v) is 11.3. The minimum Gasteiger partial charge on any atom is -0.314 e. The Kier molecular flexibility index (Phi) is 4.16. The Morgan fingerprint density at radius 3 is 2.95 bits per heavy atom. The molecule has 1 saturated heterocycles. The molecule has 9 heteroatoms. The highest BCUT2D eigenvalue weighted by Crippen LogP contribution is 2.18. The van der Waals surface area contributed by atoms with Crippen molar-refractivity contribution in [1.82, 2.24) is 19.4 Å². The molecule has 1 aliphatic heterocycles. The Bertz CT molecular complexity index is 531. The number of nitrogens with zero attached hydrogens (tertiary/aromatic N) is 3. The predicted octanol–water partition coefficient (Wildman–Crippen LogP) is 0.131. The van der Waals surface area contributed by atoms with E-state index in [-0.39, 0.29) is 10.9 Å². The largest absolute Gasteiger partial charge is 0.314 e. The van der Waals surface area contributed by atoms with Gasteiger partial charge in [0.25, 0.3) is 6.43 Å². The van der Waals surface area contributed by atoms with Crippen molar-refractivity contribution in [2.75, 3.05) is 19.6 Å². The highest BCUT2D eigenvalue weighted by atomic mass is 32.2. The number of halogens is 2. The van der Waals surface area contributed by atoms with Crippen molar-refractivity contribution >= 4 is 10.0 Å². The summed E-state index contributed by atoms with van der Waals surface area (Å²) in [6.45, 7) is 2.71. The first-order valence-electron chi connectivity index (χ1n) is 5.94. The van der Waals surface area contributed by atoms with Gasteiger partial charge in [-0.3, -0.25) is 4.68 Å². The molecule has 1 fully saturated rings. The SMILES string of the molecule is CC1CNCCN1S(=O)(=O)c1cnn(CC(F)F)c1. The number of aromatic nitrogens is 2. The summed E-state index contributed by atoms with van der Waals surface area (Å²) in [6, 6.07) is -0.169. The lowest BCUT2D eigenvalue weighted by molar-refractivity contribution is 0.121. The van der Waals surface area contributed by atoms with Gasteiger partial charge in [0.1, 0.15) is 11.4 Å². The molecule has 108 valence electrons. The third-order valence-electron chi connectivity index (χ3n) is 2.98. The lowest BCUT2D eigenvalue weighted by Crippen LogP contribution is -2.52. The summed E-state index contributed by atoms with van der Waals surface area (Å²) in [7, 11) is -3.66. The fourth-order valence-corrected chi connectivity index (χ4v) is 3.62. The lowest BCUT2D eigenvalue weighted by Gasteiger charge is -2.32. The van der Waals surface area contributed by atoms with Gasteiger partial charge in [0.15, 0.2) is 0 Å². The van der Waals surface area contributed by atoms with Crippen LogP contribution in [0.25, 0.3) is 0 Å². The molecule has 6 nitrogen and oxygen atoms in total. The Labute approximate surface area is 110 Å². The highest BCUT2D eigenvalue weighted by Gasteiger charge is 2.31. The van der Waals surface area contributed by atoms with E-state index in [1.807, 2.05) is 0 Å². The van der Waals surface area contributed by atoms with Crippen LogP contribution >= 0.6 is 0 Å². The van der Waals surface area contributed by atoms with Gasteiger partial charge >= 0.3 is 0 Å². The molecule has 0 saturated carbocycles. The van der Waals surface area contributed by atoms with Crippen molar-refractivity contribution in [3.63, 3.8) is 0 Å². The van der Waals surface area contributed by atoms with Crippen LogP contribution < -0.4 is 5.32 Å². The van der Waals surface area contributed by atoms with E-state index in [1.54, 1.807) is 6.92 Å². The normalized spacial score (nSPS) is 22.0. The van der Waals surface area contributed by atoms with E-state index in [0.29, 0.717) is 19.6 Å². The third kappa shape index (κ3) is 3.10. The van der Waals surface area contributed by atoms with Gasteiger partial charge in [0, 0.05) is 31.9 Å². The minimum absolute atomic E-state index is 0.0399. The second-order valence-electron chi connectivity index (χ2n) is 4.46. The van der Waals surface area contributed by atoms with Gasteiger partial charge in [-0.05, 0) is 6.92 Å². The second kappa shape index (κ2) is 5.51. The molecule has 1 unspecified atom stereocenters. The summed E-state index contributed by atoms with van der Waals surface area (Å²) in [5.74, 6) is 0. The molecule has 0 aromatic carbocycles. The number of sulfonamides is 1. The van der Waals surface area contributed by atoms with Gasteiger partial charge in [0.05, 0.1) is 6.20 Å². The molecule has 1 N–H and O–H groups in total. The maximum absolute atomic E-state index is 12.4. The summed E-state index contributed by atoms with van der Waals surface area (Å²) in [4.78, 5) is -0.0399. The van der Waals surface area contributed by atoms with E-state index in [9.17, 15) is 17.2 Å². The van der Waals surface area contributed by atoms with Crippen molar-refractivity contribution < 1.29 is 17.2 Å². The van der Waals surface area contributed by atoms with E-state index in [1.165, 1.54) is 4.31 Å². The van der Waals surface area contributed by atoms with Crippen LogP contribution in [0.4, 0.5) is 8.78 Å². The first-order chi connectivity index (χ1) is 8.91. The lowest BCUT2D eigenvalue weighted by atomic mass is 10.3. The summed E-state index contributed by atoms with van der Waals surface area (Å²) >= 11 is 0. The maximum Gasteiger partial charge on any atom is 0.257 e. The first kappa shape index (κ1) is 14.4. The first-order valence-corrected chi connectivity index (χ1v) is 7.38. The Balaban J connectivity index is 2.21. The minimum atomic E-state index is -3.66. The van der Waals surface area contributed by atoms with Gasteiger partial charge < -0.3 is 5.32 Å². The van der Waals surface area contributed by atoms with Crippen LogP contribution in [-0.4, -0.2) is 54.6 Å². The maximum atomic E-state index is 12.4. The van der Waals surface area contributed by atoms with Crippen molar-refractivity contribution in [1.29, 1.82) is 0 Å². The van der Waals surface area contributed by atoms with Crippen molar-refractivity contribution in [2.45, 2.75) is 30.8 Å². The molecule has 1 aromatic heterocycles. The summed E-state index contributed by atoms with van der Waals surface area (Å²) in [5.41, 5.74) is 0. The third-order valence-corrected chi connectivity index (χ3v) is 4.95. The van der Waals surface area contributed by atoms with E-state index in [2.05, 4.69) is 10.4 Å². The van der Waals surface area contributed by atoms with Crippen LogP contribution in [0.2, 0.25) is 0 Å². The Hall–Kier alpha value is -1.06. The quantitative estimate of drug-likeness (QED) is 0.857. The van der Waals surface area contributed by atoms with Gasteiger partial charge in [-0.25, -0.2) is 17.2 Å². The number of hydrogen-bond donors (Lipinski definition) is 1. The number of hydrogen-bond acceptors (Lipinski definition) is 4. The smallest absolute Gasteiger partial charge is 0.257 e. The van der Waals surface area contributed by atoms with Crippen LogP contribution in [0.15, 0.2) is 17.3 Å². The van der Waals surface area contributed by atoms with Gasteiger partial charge in [-0.2, -0.15) is 9.40 Å². The van der Waals surface area contributed by atoms with Crippen LogP contribution in [0.3, 0.4) is 0 Å². The average Bonchev–Trinajstić information content (AvgIpc) is 2.77. The Morgan fingerprint density at radius 2 is 2.32 bits per heavy atom. The summed E-state index contributed by atoms with van der Waals surface area (Å²) in [6.07, 6.45) is -0.295. The Morgan fingerprint density at radius 1 is 1.58 bits per heavy atom. The molecule has 1 aliphatic rings. The van der Waals surface area contributed by atoms with E-state index in [0.717, 1.165) is 17.1 Å². The van der Waals surface area contributed by atoms with E-state index >= 15 is 0 Å². The topological polar surface area (TPSA) is 67.2 Å². The molecule has 0 amide bonds. The average molecular weight is 294 g/mol. The molecule has 0 bridgehead atoms. The number of nitrogens with one attached hydrogen (secondary N) is 1. The van der Waals surface area contributed by atoms with Crippen molar-refractivity contribution in [2.24, 2.45) is 0 Å². The molecule has 0 radical (unpaired) electrons. The fraction of sp³-hybridized carbons (Fsp3) is 0.700. The number of piperazine rings is 1. The molecule has 2 heterocycles. The zero-order valence-electron chi connectivity index (χ0n) is 10.5. The predicted molar refractivity (Wildman–Crippen MR) is 64.5 cm³/mol. The molecule has 0 spiro atoms. The molecule has 1 aromatic rings. The molecule has 19 heavy (non-hydrogen) atoms. The van der Waals surface area contributed by atoms with Crippen molar-refractivity contribution in [3.8, 4) is 0 Å². The molecule has 2 rings (SSSR count). The van der Waals surface area contributed by atoms with Crippen LogP contribution in [0, 0.1) is 0 Å². The van der Waals surface area contributed by atoms with Crippen LogP contribution in [-0.2, 0) is 16.6 Å². The second-order valence-corrected chi connectivity index (χ2v) is 6.35. The summed E-state index contributed by atoms with van der Waals surface area (Å²) in [5, 5.41) is 6.75. The molecular weight excluding hydrogens is 278 g/mol. The van der Waals surface area contributed by atoms with E-state index < -0.39 is 23.0 Å². The molecular formula is C10H16F2N4O2S. The van der Waals surface area contributed by atoms with Gasteiger partial charge in [-0.15, -0.1) is 0 Å². The molecule has 0 aliphatic carbocycles. The van der Waals surface area contributed by atoms with E-state index in [4.69, 9.17) is 0 Å². The van der Waals surface area contributed by atoms with Crippen LogP contribution in [0.5, 0.6) is 0 Å².